The maximum atomic E-state index is 12.3. The molecule has 1 aliphatic heterocycles. The Balaban J connectivity index is 1.95. The van der Waals surface area contributed by atoms with Crippen LogP contribution in [0.5, 0.6) is 0 Å². The van der Waals surface area contributed by atoms with Crippen molar-refractivity contribution in [2.75, 3.05) is 19.6 Å². The zero-order chi connectivity index (χ0) is 13.3. The van der Waals surface area contributed by atoms with Crippen LogP contribution in [0.1, 0.15) is 46.8 Å². The fourth-order valence-electron chi connectivity index (χ4n) is 2.51. The minimum atomic E-state index is 0.288. The van der Waals surface area contributed by atoms with E-state index in [1.54, 1.807) is 11.3 Å². The Morgan fingerprint density at radius 3 is 2.44 bits per heavy atom. The summed E-state index contributed by atoms with van der Waals surface area (Å²) in [5.41, 5.74) is 1.39. The number of nitrogens with zero attached hydrogens (tertiary/aromatic N) is 1. The topological polar surface area (TPSA) is 20.3 Å². The van der Waals surface area contributed by atoms with Crippen LogP contribution >= 0.6 is 11.3 Å². The second-order valence-corrected chi connectivity index (χ2v) is 7.65. The minimum Gasteiger partial charge on any atom is -0.296 e. The summed E-state index contributed by atoms with van der Waals surface area (Å²) >= 11 is 1.72. The predicted octanol–water partition coefficient (Wildman–Crippen LogP) is 3.67. The molecule has 0 atom stereocenters. The van der Waals surface area contributed by atoms with Gasteiger partial charge in [-0.3, -0.25) is 9.69 Å². The van der Waals surface area contributed by atoms with Crippen molar-refractivity contribution in [1.82, 2.24) is 4.90 Å². The standard InChI is InChI=1S/C15H23NOS/c1-11-9-13(12(2)18-11)14(17)10-16-7-5-15(3,4)6-8-16/h9H,5-8,10H2,1-4H3. The maximum absolute atomic E-state index is 12.3. The van der Waals surface area contributed by atoms with Crippen molar-refractivity contribution in [3.63, 3.8) is 0 Å². The molecule has 0 N–H and O–H groups in total. The second kappa shape index (κ2) is 5.14. The molecule has 0 spiro atoms. The molecule has 1 aliphatic rings. The Morgan fingerprint density at radius 2 is 1.94 bits per heavy atom. The van der Waals surface area contributed by atoms with Crippen molar-refractivity contribution in [3.05, 3.63) is 21.4 Å². The lowest BCUT2D eigenvalue weighted by molar-refractivity contribution is 0.0845. The van der Waals surface area contributed by atoms with Gasteiger partial charge in [0.1, 0.15) is 0 Å². The van der Waals surface area contributed by atoms with E-state index in [0.717, 1.165) is 23.5 Å². The smallest absolute Gasteiger partial charge is 0.177 e. The van der Waals surface area contributed by atoms with Crippen LogP contribution in [0, 0.1) is 19.3 Å². The monoisotopic (exact) mass is 265 g/mol. The van der Waals surface area contributed by atoms with E-state index < -0.39 is 0 Å². The van der Waals surface area contributed by atoms with Gasteiger partial charge in [-0.15, -0.1) is 11.3 Å². The van der Waals surface area contributed by atoms with Gasteiger partial charge in [0, 0.05) is 15.3 Å². The third-order valence-corrected chi connectivity index (χ3v) is 4.88. The van der Waals surface area contributed by atoms with Crippen molar-refractivity contribution in [3.8, 4) is 0 Å². The first kappa shape index (κ1) is 13.8. The lowest BCUT2D eigenvalue weighted by atomic mass is 9.82. The summed E-state index contributed by atoms with van der Waals surface area (Å²) < 4.78 is 0. The van der Waals surface area contributed by atoms with Gasteiger partial charge in [-0.1, -0.05) is 13.8 Å². The zero-order valence-corrected chi connectivity index (χ0v) is 12.7. The molecule has 0 saturated carbocycles. The summed E-state index contributed by atoms with van der Waals surface area (Å²) in [7, 11) is 0. The molecule has 0 amide bonds. The van der Waals surface area contributed by atoms with E-state index in [-0.39, 0.29) is 5.78 Å². The lowest BCUT2D eigenvalue weighted by Crippen LogP contribution is -2.40. The number of thiophene rings is 1. The van der Waals surface area contributed by atoms with Crippen molar-refractivity contribution in [2.45, 2.75) is 40.5 Å². The van der Waals surface area contributed by atoms with Crippen LogP contribution in [0.2, 0.25) is 0 Å². The first-order chi connectivity index (χ1) is 8.37. The molecule has 0 radical (unpaired) electrons. The van der Waals surface area contributed by atoms with Gasteiger partial charge in [0.25, 0.3) is 0 Å². The van der Waals surface area contributed by atoms with Crippen molar-refractivity contribution < 1.29 is 4.79 Å². The highest BCUT2D eigenvalue weighted by molar-refractivity contribution is 7.12. The number of carbonyl (C=O) groups is 1. The molecule has 2 rings (SSSR count). The largest absolute Gasteiger partial charge is 0.296 e. The van der Waals surface area contributed by atoms with Crippen LogP contribution in [-0.4, -0.2) is 30.3 Å². The van der Waals surface area contributed by atoms with Gasteiger partial charge in [-0.25, -0.2) is 0 Å². The molecule has 2 nitrogen and oxygen atoms in total. The van der Waals surface area contributed by atoms with Crippen LogP contribution in [0.25, 0.3) is 0 Å². The number of aryl methyl sites for hydroxylation is 2. The Kier molecular flexibility index (Phi) is 3.93. The third kappa shape index (κ3) is 3.21. The van der Waals surface area contributed by atoms with E-state index in [0.29, 0.717) is 12.0 Å². The molecule has 3 heteroatoms. The first-order valence-corrected chi connectivity index (χ1v) is 7.52. The van der Waals surface area contributed by atoms with Gasteiger partial charge < -0.3 is 0 Å². The molecule has 0 bridgehead atoms. The first-order valence-electron chi connectivity index (χ1n) is 6.70. The molecule has 18 heavy (non-hydrogen) atoms. The highest BCUT2D eigenvalue weighted by Gasteiger charge is 2.26. The molecule has 0 aromatic carbocycles. The summed E-state index contributed by atoms with van der Waals surface area (Å²) in [6.07, 6.45) is 2.39. The number of rotatable bonds is 3. The summed E-state index contributed by atoms with van der Waals surface area (Å²) in [5.74, 6) is 0.288. The van der Waals surface area contributed by atoms with E-state index in [4.69, 9.17) is 0 Å². The number of piperidine rings is 1. The highest BCUT2D eigenvalue weighted by atomic mass is 32.1. The minimum absolute atomic E-state index is 0.288. The lowest BCUT2D eigenvalue weighted by Gasteiger charge is -2.36. The number of likely N-dealkylation sites (tertiary alicyclic amines) is 1. The Morgan fingerprint density at radius 1 is 1.33 bits per heavy atom. The SMILES string of the molecule is Cc1cc(C(=O)CN2CCC(C)(C)CC2)c(C)s1. The number of hydrogen-bond donors (Lipinski definition) is 0. The Bertz CT molecular complexity index is 437. The quantitative estimate of drug-likeness (QED) is 0.777. The van der Waals surface area contributed by atoms with E-state index in [9.17, 15) is 4.79 Å². The number of hydrogen-bond acceptors (Lipinski definition) is 3. The normalized spacial score (nSPS) is 20.0. The molecule has 0 aliphatic carbocycles. The molecule has 1 saturated heterocycles. The van der Waals surface area contributed by atoms with Gasteiger partial charge in [0.15, 0.2) is 5.78 Å². The molecular formula is C15H23NOS. The highest BCUT2D eigenvalue weighted by Crippen LogP contribution is 2.30. The van der Waals surface area contributed by atoms with Crippen LogP contribution in [0.15, 0.2) is 6.07 Å². The molecular weight excluding hydrogens is 242 g/mol. The summed E-state index contributed by atoms with van der Waals surface area (Å²) in [4.78, 5) is 17.0. The fraction of sp³-hybridized carbons (Fsp3) is 0.667. The van der Waals surface area contributed by atoms with E-state index >= 15 is 0 Å². The van der Waals surface area contributed by atoms with Gasteiger partial charge in [-0.2, -0.15) is 0 Å². The average molecular weight is 265 g/mol. The Labute approximate surface area is 114 Å². The summed E-state index contributed by atoms with van der Waals surface area (Å²) in [6.45, 7) is 11.5. The van der Waals surface area contributed by atoms with Gasteiger partial charge in [0.2, 0.25) is 0 Å². The van der Waals surface area contributed by atoms with Crippen LogP contribution in [0.4, 0.5) is 0 Å². The zero-order valence-electron chi connectivity index (χ0n) is 11.9. The molecule has 2 heterocycles. The summed E-state index contributed by atoms with van der Waals surface area (Å²) in [6, 6.07) is 2.04. The molecule has 1 aromatic rings. The molecule has 1 aromatic heterocycles. The molecule has 1 fully saturated rings. The number of ketones is 1. The van der Waals surface area contributed by atoms with Crippen molar-refractivity contribution >= 4 is 17.1 Å². The van der Waals surface area contributed by atoms with E-state index in [1.165, 1.54) is 17.7 Å². The number of carbonyl (C=O) groups excluding carboxylic acids is 1. The molecule has 0 unspecified atom stereocenters. The van der Waals surface area contributed by atoms with E-state index in [2.05, 4.69) is 25.7 Å². The van der Waals surface area contributed by atoms with Crippen LogP contribution < -0.4 is 0 Å². The van der Waals surface area contributed by atoms with E-state index in [1.807, 2.05) is 13.0 Å². The third-order valence-electron chi connectivity index (χ3n) is 3.92. The van der Waals surface area contributed by atoms with Gasteiger partial charge in [-0.05, 0) is 51.3 Å². The summed E-state index contributed by atoms with van der Waals surface area (Å²) in [5, 5.41) is 0. The van der Waals surface area contributed by atoms with Crippen molar-refractivity contribution in [2.24, 2.45) is 5.41 Å². The second-order valence-electron chi connectivity index (χ2n) is 6.19. The van der Waals surface area contributed by atoms with Crippen LogP contribution in [0.3, 0.4) is 0 Å². The van der Waals surface area contributed by atoms with Gasteiger partial charge in [0.05, 0.1) is 6.54 Å². The molecule has 100 valence electrons. The van der Waals surface area contributed by atoms with Crippen LogP contribution in [-0.2, 0) is 0 Å². The van der Waals surface area contributed by atoms with Crippen molar-refractivity contribution in [1.29, 1.82) is 0 Å². The fourth-order valence-corrected chi connectivity index (χ4v) is 3.45. The average Bonchev–Trinajstić information content (AvgIpc) is 2.61. The Hall–Kier alpha value is -0.670. The predicted molar refractivity (Wildman–Crippen MR) is 77.6 cm³/mol. The maximum Gasteiger partial charge on any atom is 0.177 e. The van der Waals surface area contributed by atoms with Gasteiger partial charge >= 0.3 is 0 Å². The number of Topliss-reactive ketones (excluding diaryl/α,β-unsaturated/α-hetero) is 1.